The number of carbonyl (C=O) groups excluding carboxylic acids is 2. The molecule has 9 heteroatoms. The van der Waals surface area contributed by atoms with E-state index in [1.54, 1.807) is 38.4 Å². The van der Waals surface area contributed by atoms with Gasteiger partial charge in [-0.05, 0) is 12.1 Å². The number of likely N-dealkylation sites (N-methyl/N-ethyl adjacent to an activating group) is 1. The van der Waals surface area contributed by atoms with Crippen LogP contribution in [0.25, 0.3) is 0 Å². The Hall–Kier alpha value is -3.36. The van der Waals surface area contributed by atoms with Crippen LogP contribution in [0.4, 0.5) is 5.82 Å². The molecule has 0 spiro atoms. The lowest BCUT2D eigenvalue weighted by Gasteiger charge is -2.13. The van der Waals surface area contributed by atoms with E-state index in [0.29, 0.717) is 0 Å². The van der Waals surface area contributed by atoms with E-state index in [1.165, 1.54) is 21.8 Å². The third kappa shape index (κ3) is 5.06. The Bertz CT molecular complexity index is 784. The van der Waals surface area contributed by atoms with Crippen LogP contribution in [-0.4, -0.2) is 58.3 Å². The van der Waals surface area contributed by atoms with E-state index in [4.69, 9.17) is 9.84 Å². The smallest absolute Gasteiger partial charge is 0.325 e. The number of rotatable bonds is 7. The van der Waals surface area contributed by atoms with Gasteiger partial charge < -0.3 is 20.1 Å². The van der Waals surface area contributed by atoms with Gasteiger partial charge in [-0.25, -0.2) is 0 Å². The number of aromatic nitrogens is 2. The normalized spacial score (nSPS) is 10.2. The van der Waals surface area contributed by atoms with Crippen LogP contribution in [0.15, 0.2) is 36.5 Å². The Morgan fingerprint density at radius 3 is 2.64 bits per heavy atom. The van der Waals surface area contributed by atoms with Crippen molar-refractivity contribution in [2.75, 3.05) is 26.0 Å². The second kappa shape index (κ2) is 7.95. The van der Waals surface area contributed by atoms with Crippen molar-refractivity contribution >= 4 is 23.6 Å². The SMILES string of the molecule is CN(C)C(=O)COc1ccccc1C(=O)Nc1ccn(CC(=O)O)n1. The van der Waals surface area contributed by atoms with Gasteiger partial charge in [0.05, 0.1) is 5.56 Å². The largest absolute Gasteiger partial charge is 0.483 e. The van der Waals surface area contributed by atoms with Gasteiger partial charge in [-0.3, -0.25) is 19.1 Å². The van der Waals surface area contributed by atoms with E-state index in [-0.39, 0.29) is 36.2 Å². The van der Waals surface area contributed by atoms with Crippen LogP contribution in [0, 0.1) is 0 Å². The number of carboxylic acid groups (broad SMARTS) is 1. The van der Waals surface area contributed by atoms with Gasteiger partial charge in [0, 0.05) is 26.4 Å². The van der Waals surface area contributed by atoms with Crippen LogP contribution in [0.1, 0.15) is 10.4 Å². The quantitative estimate of drug-likeness (QED) is 0.762. The molecule has 2 amide bonds. The molecule has 0 bridgehead atoms. The Kier molecular flexibility index (Phi) is 5.72. The van der Waals surface area contributed by atoms with E-state index >= 15 is 0 Å². The summed E-state index contributed by atoms with van der Waals surface area (Å²) in [5.41, 5.74) is 0.238. The number of para-hydroxylation sites is 1. The number of aliphatic carboxylic acids is 1. The summed E-state index contributed by atoms with van der Waals surface area (Å²) in [5.74, 6) is -1.27. The van der Waals surface area contributed by atoms with Crippen molar-refractivity contribution in [2.45, 2.75) is 6.54 Å². The van der Waals surface area contributed by atoms with Crippen molar-refractivity contribution in [3.8, 4) is 5.75 Å². The number of carboxylic acids is 1. The number of ether oxygens (including phenoxy) is 1. The third-order valence-corrected chi connectivity index (χ3v) is 3.16. The van der Waals surface area contributed by atoms with E-state index in [9.17, 15) is 14.4 Å². The summed E-state index contributed by atoms with van der Waals surface area (Å²) in [6.07, 6.45) is 1.45. The predicted octanol–water partition coefficient (Wildman–Crippen LogP) is 0.687. The van der Waals surface area contributed by atoms with E-state index in [1.807, 2.05) is 0 Å². The van der Waals surface area contributed by atoms with E-state index in [0.717, 1.165) is 0 Å². The van der Waals surface area contributed by atoms with Gasteiger partial charge in [-0.15, -0.1) is 0 Å². The van der Waals surface area contributed by atoms with Crippen LogP contribution in [0.5, 0.6) is 5.75 Å². The Labute approximate surface area is 143 Å². The molecule has 132 valence electrons. The summed E-state index contributed by atoms with van der Waals surface area (Å²) in [6.45, 7) is -0.493. The van der Waals surface area contributed by atoms with Crippen LogP contribution in [-0.2, 0) is 16.1 Å². The number of carbonyl (C=O) groups is 3. The maximum Gasteiger partial charge on any atom is 0.325 e. The maximum absolute atomic E-state index is 12.4. The third-order valence-electron chi connectivity index (χ3n) is 3.16. The molecule has 2 N–H and O–H groups in total. The van der Waals surface area contributed by atoms with Gasteiger partial charge >= 0.3 is 5.97 Å². The summed E-state index contributed by atoms with van der Waals surface area (Å²) < 4.78 is 6.61. The van der Waals surface area contributed by atoms with E-state index < -0.39 is 11.9 Å². The predicted molar refractivity (Wildman–Crippen MR) is 88.4 cm³/mol. The minimum absolute atomic E-state index is 0.190. The lowest BCUT2D eigenvalue weighted by atomic mass is 10.2. The van der Waals surface area contributed by atoms with Gasteiger partial charge in [-0.2, -0.15) is 5.10 Å². The molecule has 1 heterocycles. The molecule has 1 aromatic carbocycles. The number of hydrogen-bond acceptors (Lipinski definition) is 5. The molecular formula is C16H18N4O5. The first-order chi connectivity index (χ1) is 11.9. The Morgan fingerprint density at radius 1 is 1.24 bits per heavy atom. The number of anilines is 1. The molecule has 0 fully saturated rings. The molecule has 1 aromatic heterocycles. The van der Waals surface area contributed by atoms with Crippen molar-refractivity contribution in [2.24, 2.45) is 0 Å². The summed E-state index contributed by atoms with van der Waals surface area (Å²) >= 11 is 0. The highest BCUT2D eigenvalue weighted by Crippen LogP contribution is 2.19. The zero-order valence-electron chi connectivity index (χ0n) is 13.8. The second-order valence-corrected chi connectivity index (χ2v) is 5.32. The van der Waals surface area contributed by atoms with E-state index in [2.05, 4.69) is 10.4 Å². The van der Waals surface area contributed by atoms with Crippen LogP contribution in [0.2, 0.25) is 0 Å². The molecular weight excluding hydrogens is 328 g/mol. The number of benzene rings is 1. The second-order valence-electron chi connectivity index (χ2n) is 5.32. The fourth-order valence-electron chi connectivity index (χ4n) is 1.89. The maximum atomic E-state index is 12.4. The molecule has 25 heavy (non-hydrogen) atoms. The number of hydrogen-bond donors (Lipinski definition) is 2. The average molecular weight is 346 g/mol. The molecule has 0 aliphatic carbocycles. The Balaban J connectivity index is 2.07. The average Bonchev–Trinajstić information content (AvgIpc) is 2.98. The van der Waals surface area contributed by atoms with Crippen molar-refractivity contribution in [1.29, 1.82) is 0 Å². The van der Waals surface area contributed by atoms with Crippen molar-refractivity contribution in [1.82, 2.24) is 14.7 Å². The number of nitrogens with one attached hydrogen (secondary N) is 1. The van der Waals surface area contributed by atoms with Gasteiger partial charge in [0.25, 0.3) is 11.8 Å². The number of amides is 2. The molecule has 0 aliphatic rings. The molecule has 0 radical (unpaired) electrons. The fraction of sp³-hybridized carbons (Fsp3) is 0.250. The van der Waals surface area contributed by atoms with Crippen LogP contribution in [0.3, 0.4) is 0 Å². The number of nitrogens with zero attached hydrogens (tertiary/aromatic N) is 3. The highest BCUT2D eigenvalue weighted by atomic mass is 16.5. The highest BCUT2D eigenvalue weighted by molar-refractivity contribution is 6.05. The molecule has 9 nitrogen and oxygen atoms in total. The molecule has 0 aliphatic heterocycles. The molecule has 0 saturated heterocycles. The van der Waals surface area contributed by atoms with Gasteiger partial charge in [-0.1, -0.05) is 12.1 Å². The first kappa shape index (κ1) is 18.0. The minimum atomic E-state index is -1.04. The first-order valence-electron chi connectivity index (χ1n) is 7.35. The molecule has 2 aromatic rings. The molecule has 0 saturated carbocycles. The monoisotopic (exact) mass is 346 g/mol. The topological polar surface area (TPSA) is 114 Å². The lowest BCUT2D eigenvalue weighted by Crippen LogP contribution is -2.28. The van der Waals surface area contributed by atoms with Crippen molar-refractivity contribution in [3.05, 3.63) is 42.1 Å². The molecule has 2 rings (SSSR count). The lowest BCUT2D eigenvalue weighted by molar-refractivity contribution is -0.138. The summed E-state index contributed by atoms with van der Waals surface area (Å²) in [4.78, 5) is 36.0. The minimum Gasteiger partial charge on any atom is -0.483 e. The highest BCUT2D eigenvalue weighted by Gasteiger charge is 2.15. The summed E-state index contributed by atoms with van der Waals surface area (Å²) in [7, 11) is 3.22. The fourth-order valence-corrected chi connectivity index (χ4v) is 1.89. The van der Waals surface area contributed by atoms with Gasteiger partial charge in [0.15, 0.2) is 12.4 Å². The molecule has 0 unspecified atom stereocenters. The standard InChI is InChI=1S/C16H18N4O5/c1-19(2)14(21)10-25-12-6-4-3-5-11(12)16(24)17-13-7-8-20(18-13)9-15(22)23/h3-8H,9-10H2,1-2H3,(H,22,23)(H,17,18,24). The van der Waals surface area contributed by atoms with Gasteiger partial charge in [0.2, 0.25) is 0 Å². The summed E-state index contributed by atoms with van der Waals surface area (Å²) in [5, 5.41) is 15.2. The molecule has 0 atom stereocenters. The van der Waals surface area contributed by atoms with Crippen molar-refractivity contribution in [3.63, 3.8) is 0 Å². The van der Waals surface area contributed by atoms with Gasteiger partial charge in [0.1, 0.15) is 12.3 Å². The Morgan fingerprint density at radius 2 is 1.96 bits per heavy atom. The van der Waals surface area contributed by atoms with Crippen LogP contribution >= 0.6 is 0 Å². The zero-order valence-corrected chi connectivity index (χ0v) is 13.8. The zero-order chi connectivity index (χ0) is 18.4. The summed E-state index contributed by atoms with van der Waals surface area (Å²) in [6, 6.07) is 7.98. The van der Waals surface area contributed by atoms with Crippen molar-refractivity contribution < 1.29 is 24.2 Å². The van der Waals surface area contributed by atoms with Crippen LogP contribution < -0.4 is 10.1 Å². The first-order valence-corrected chi connectivity index (χ1v) is 7.35.